The second kappa shape index (κ2) is 4.61. The number of aromatic nitrogens is 6. The summed E-state index contributed by atoms with van der Waals surface area (Å²) >= 11 is 0. The summed E-state index contributed by atoms with van der Waals surface area (Å²) in [6, 6.07) is 7.03. The summed E-state index contributed by atoms with van der Waals surface area (Å²) in [5.74, 6) is 1.48. The van der Waals surface area contributed by atoms with Crippen LogP contribution in [-0.4, -0.2) is 29.3 Å². The van der Waals surface area contributed by atoms with Crippen molar-refractivity contribution in [1.82, 2.24) is 29.3 Å². The summed E-state index contributed by atoms with van der Waals surface area (Å²) < 4.78 is 2.42. The number of pyridine rings is 1. The Balaban J connectivity index is 2.15. The zero-order chi connectivity index (χ0) is 14.1. The smallest absolute Gasteiger partial charge is 0.195 e. The van der Waals surface area contributed by atoms with E-state index in [9.17, 15) is 4.79 Å². The largest absolute Gasteiger partial charge is 0.360 e. The SMILES string of the molecule is [CH2-]n1nc(C)n(-c2cccc(-c3ncccn3)n2)c1=O. The Kier molecular flexibility index (Phi) is 2.79. The molecule has 0 aliphatic carbocycles. The van der Waals surface area contributed by atoms with Gasteiger partial charge in [-0.15, -0.1) is 0 Å². The Morgan fingerprint density at radius 2 is 1.90 bits per heavy atom. The predicted octanol–water partition coefficient (Wildman–Crippen LogP) is 0.834. The molecular formula is C13H11N6O-. The van der Waals surface area contributed by atoms with Gasteiger partial charge in [0.2, 0.25) is 0 Å². The number of hydrogen-bond acceptors (Lipinski definition) is 5. The normalized spacial score (nSPS) is 10.7. The maximum Gasteiger partial charge on any atom is 0.195 e. The Morgan fingerprint density at radius 3 is 2.55 bits per heavy atom. The third-order valence-electron chi connectivity index (χ3n) is 2.76. The van der Waals surface area contributed by atoms with E-state index in [4.69, 9.17) is 0 Å². The molecule has 3 rings (SSSR count). The van der Waals surface area contributed by atoms with Crippen molar-refractivity contribution >= 4 is 0 Å². The second-order valence-electron chi connectivity index (χ2n) is 4.12. The molecule has 0 fully saturated rings. The van der Waals surface area contributed by atoms with Crippen LogP contribution in [0.5, 0.6) is 0 Å². The van der Waals surface area contributed by atoms with Crippen LogP contribution in [0.2, 0.25) is 0 Å². The molecule has 0 saturated carbocycles. The van der Waals surface area contributed by atoms with Gasteiger partial charge in [0.05, 0.1) is 0 Å². The number of aryl methyl sites for hydroxylation is 1. The Morgan fingerprint density at radius 1 is 1.15 bits per heavy atom. The first kappa shape index (κ1) is 12.1. The van der Waals surface area contributed by atoms with Gasteiger partial charge in [-0.25, -0.2) is 15.0 Å². The van der Waals surface area contributed by atoms with E-state index in [0.717, 1.165) is 4.68 Å². The van der Waals surface area contributed by atoms with Crippen LogP contribution in [-0.2, 0) is 0 Å². The van der Waals surface area contributed by atoms with Gasteiger partial charge in [-0.05, 0) is 25.1 Å². The minimum atomic E-state index is -0.346. The zero-order valence-electron chi connectivity index (χ0n) is 10.8. The lowest BCUT2D eigenvalue weighted by Crippen LogP contribution is -2.21. The highest BCUT2D eigenvalue weighted by atomic mass is 16.2. The second-order valence-corrected chi connectivity index (χ2v) is 4.12. The van der Waals surface area contributed by atoms with Crippen molar-refractivity contribution in [3.8, 4) is 17.3 Å². The molecule has 0 aliphatic rings. The summed E-state index contributed by atoms with van der Waals surface area (Å²) in [6.07, 6.45) is 3.28. The molecule has 7 heteroatoms. The van der Waals surface area contributed by atoms with Gasteiger partial charge in [-0.1, -0.05) is 6.07 Å². The molecule has 7 nitrogen and oxygen atoms in total. The topological polar surface area (TPSA) is 78.5 Å². The van der Waals surface area contributed by atoms with Gasteiger partial charge in [0, 0.05) is 12.4 Å². The fourth-order valence-electron chi connectivity index (χ4n) is 1.88. The molecule has 0 aliphatic heterocycles. The molecule has 0 bridgehead atoms. The predicted molar refractivity (Wildman–Crippen MR) is 72.1 cm³/mol. The Hall–Kier alpha value is -2.96. The van der Waals surface area contributed by atoms with E-state index < -0.39 is 0 Å². The van der Waals surface area contributed by atoms with Gasteiger partial charge in [-0.2, -0.15) is 12.1 Å². The molecular weight excluding hydrogens is 256 g/mol. The monoisotopic (exact) mass is 267 g/mol. The quantitative estimate of drug-likeness (QED) is 0.643. The van der Waals surface area contributed by atoms with E-state index in [-0.39, 0.29) is 5.69 Å². The van der Waals surface area contributed by atoms with E-state index in [1.807, 2.05) is 0 Å². The first-order valence-electron chi connectivity index (χ1n) is 5.91. The van der Waals surface area contributed by atoms with Crippen molar-refractivity contribution in [3.63, 3.8) is 0 Å². The molecule has 0 radical (unpaired) electrons. The molecule has 100 valence electrons. The molecule has 0 spiro atoms. The summed E-state index contributed by atoms with van der Waals surface area (Å²) in [7, 11) is 3.53. The molecule has 3 aromatic rings. The first-order valence-corrected chi connectivity index (χ1v) is 5.91. The lowest BCUT2D eigenvalue weighted by atomic mass is 10.3. The van der Waals surface area contributed by atoms with E-state index in [1.54, 1.807) is 43.6 Å². The molecule has 0 atom stereocenters. The van der Waals surface area contributed by atoms with Crippen LogP contribution in [0.1, 0.15) is 5.82 Å². The van der Waals surface area contributed by atoms with E-state index in [2.05, 4.69) is 27.1 Å². The van der Waals surface area contributed by atoms with Crippen molar-refractivity contribution in [2.75, 3.05) is 0 Å². The van der Waals surface area contributed by atoms with E-state index in [1.165, 1.54) is 4.57 Å². The Labute approximate surface area is 114 Å². The average molecular weight is 267 g/mol. The van der Waals surface area contributed by atoms with Gasteiger partial charge in [0.15, 0.2) is 11.5 Å². The average Bonchev–Trinajstić information content (AvgIpc) is 2.73. The highest BCUT2D eigenvalue weighted by Crippen LogP contribution is 2.13. The lowest BCUT2D eigenvalue weighted by Gasteiger charge is -2.07. The maximum absolute atomic E-state index is 12.0. The highest BCUT2D eigenvalue weighted by Gasteiger charge is 2.07. The molecule has 0 amide bonds. The zero-order valence-corrected chi connectivity index (χ0v) is 10.8. The Bertz CT molecular complexity index is 805. The third kappa shape index (κ3) is 1.95. The molecule has 3 aromatic heterocycles. The fraction of sp³-hybridized carbons (Fsp3) is 0.0769. The number of rotatable bonds is 2. The van der Waals surface area contributed by atoms with Gasteiger partial charge in [0.1, 0.15) is 17.3 Å². The third-order valence-corrected chi connectivity index (χ3v) is 2.76. The molecule has 0 saturated heterocycles. The van der Waals surface area contributed by atoms with Gasteiger partial charge >= 0.3 is 0 Å². The van der Waals surface area contributed by atoms with Crippen LogP contribution in [0.4, 0.5) is 0 Å². The summed E-state index contributed by atoms with van der Waals surface area (Å²) in [5.41, 5.74) is 0.243. The van der Waals surface area contributed by atoms with Crippen molar-refractivity contribution in [2.24, 2.45) is 0 Å². The summed E-state index contributed by atoms with van der Waals surface area (Å²) in [4.78, 5) is 24.7. The van der Waals surface area contributed by atoms with Crippen molar-refractivity contribution in [3.05, 3.63) is 60.0 Å². The fourth-order valence-corrected chi connectivity index (χ4v) is 1.88. The van der Waals surface area contributed by atoms with Crippen molar-refractivity contribution in [1.29, 1.82) is 0 Å². The van der Waals surface area contributed by atoms with E-state index >= 15 is 0 Å². The first-order chi connectivity index (χ1) is 9.66. The lowest BCUT2D eigenvalue weighted by molar-refractivity contribution is 0.819. The number of nitrogens with zero attached hydrogens (tertiary/aromatic N) is 6. The van der Waals surface area contributed by atoms with Crippen LogP contribution >= 0.6 is 0 Å². The minimum absolute atomic E-state index is 0.346. The van der Waals surface area contributed by atoms with Crippen LogP contribution in [0, 0.1) is 14.0 Å². The van der Waals surface area contributed by atoms with E-state index in [0.29, 0.717) is 23.2 Å². The van der Waals surface area contributed by atoms with Gasteiger partial charge in [-0.3, -0.25) is 0 Å². The van der Waals surface area contributed by atoms with Gasteiger partial charge < -0.3 is 14.0 Å². The molecule has 0 unspecified atom stereocenters. The van der Waals surface area contributed by atoms with Crippen molar-refractivity contribution in [2.45, 2.75) is 6.92 Å². The molecule has 0 aromatic carbocycles. The van der Waals surface area contributed by atoms with Crippen LogP contribution in [0.15, 0.2) is 41.5 Å². The van der Waals surface area contributed by atoms with Crippen molar-refractivity contribution < 1.29 is 0 Å². The van der Waals surface area contributed by atoms with Gasteiger partial charge in [0.25, 0.3) is 0 Å². The summed E-state index contributed by atoms with van der Waals surface area (Å²) in [5, 5.41) is 3.97. The molecule has 0 N–H and O–H groups in total. The van der Waals surface area contributed by atoms with Crippen LogP contribution in [0.3, 0.4) is 0 Å². The summed E-state index contributed by atoms with van der Waals surface area (Å²) in [6.45, 7) is 1.72. The highest BCUT2D eigenvalue weighted by molar-refractivity contribution is 5.50. The maximum atomic E-state index is 12.0. The molecule has 3 heterocycles. The van der Waals surface area contributed by atoms with Crippen LogP contribution < -0.4 is 5.69 Å². The van der Waals surface area contributed by atoms with Crippen LogP contribution in [0.25, 0.3) is 17.3 Å². The minimum Gasteiger partial charge on any atom is -0.360 e. The number of hydrogen-bond donors (Lipinski definition) is 0. The molecule has 20 heavy (non-hydrogen) atoms. The standard InChI is InChI=1S/C13H11N6O/c1-9-17-18(2)13(20)19(9)11-6-3-5-10(16-11)12-14-7-4-8-15-12/h3-8H,2H2,1H3/q-1.